The van der Waals surface area contributed by atoms with Crippen LogP contribution in [0.3, 0.4) is 0 Å². The quantitative estimate of drug-likeness (QED) is 0.650. The van der Waals surface area contributed by atoms with E-state index in [9.17, 15) is 9.18 Å². The Morgan fingerprint density at radius 2 is 1.71 bits per heavy atom. The minimum absolute atomic E-state index is 0.0998. The molecule has 24 heavy (non-hydrogen) atoms. The van der Waals surface area contributed by atoms with Gasteiger partial charge in [-0.15, -0.1) is 0 Å². The van der Waals surface area contributed by atoms with Gasteiger partial charge in [0.2, 0.25) is 5.76 Å². The maximum absolute atomic E-state index is 12.9. The molecule has 0 unspecified atom stereocenters. The minimum atomic E-state index is -0.556. The lowest BCUT2D eigenvalue weighted by atomic mass is 10.2. The number of hydrogen-bond donors (Lipinski definition) is 0. The average molecular weight is 326 g/mol. The second-order valence-corrected chi connectivity index (χ2v) is 5.09. The standard InChI is InChI=1S/C19H15FO4/c1-22-16-8-2-13(3-9-16)12-23-19(21)18-11-10-17(24-18)14-4-6-15(20)7-5-14/h2-11H,12H2,1H3. The Morgan fingerprint density at radius 3 is 2.38 bits per heavy atom. The van der Waals surface area contributed by atoms with Crippen LogP contribution in [-0.2, 0) is 11.3 Å². The molecule has 0 aliphatic heterocycles. The number of carbonyl (C=O) groups excluding carboxylic acids is 1. The van der Waals surface area contributed by atoms with Crippen molar-refractivity contribution in [3.8, 4) is 17.1 Å². The molecule has 0 fully saturated rings. The van der Waals surface area contributed by atoms with Crippen LogP contribution in [0, 0.1) is 5.82 Å². The van der Waals surface area contributed by atoms with Crippen LogP contribution in [0.1, 0.15) is 16.1 Å². The summed E-state index contributed by atoms with van der Waals surface area (Å²) in [6, 6.07) is 16.2. The maximum atomic E-state index is 12.9. The van der Waals surface area contributed by atoms with Crippen LogP contribution in [0.2, 0.25) is 0 Å². The molecule has 1 heterocycles. The first-order valence-corrected chi connectivity index (χ1v) is 7.31. The van der Waals surface area contributed by atoms with Crippen LogP contribution < -0.4 is 4.74 Å². The highest BCUT2D eigenvalue weighted by Gasteiger charge is 2.14. The molecule has 3 rings (SSSR count). The zero-order valence-electron chi connectivity index (χ0n) is 13.0. The van der Waals surface area contributed by atoms with Crippen molar-refractivity contribution in [2.24, 2.45) is 0 Å². The van der Waals surface area contributed by atoms with Crippen LogP contribution in [0.25, 0.3) is 11.3 Å². The summed E-state index contributed by atoms with van der Waals surface area (Å²) in [7, 11) is 1.59. The van der Waals surface area contributed by atoms with E-state index >= 15 is 0 Å². The Hall–Kier alpha value is -3.08. The number of halogens is 1. The molecule has 0 saturated carbocycles. The molecule has 0 spiro atoms. The van der Waals surface area contributed by atoms with Crippen LogP contribution in [0.4, 0.5) is 4.39 Å². The predicted octanol–water partition coefficient (Wildman–Crippen LogP) is 4.45. The van der Waals surface area contributed by atoms with Gasteiger partial charge in [0.1, 0.15) is 23.9 Å². The van der Waals surface area contributed by atoms with Gasteiger partial charge in [-0.25, -0.2) is 9.18 Å². The highest BCUT2D eigenvalue weighted by molar-refractivity contribution is 5.87. The Balaban J connectivity index is 1.64. The first-order valence-electron chi connectivity index (χ1n) is 7.31. The molecule has 122 valence electrons. The van der Waals surface area contributed by atoms with Crippen molar-refractivity contribution in [3.05, 3.63) is 77.8 Å². The van der Waals surface area contributed by atoms with Gasteiger partial charge in [0.15, 0.2) is 0 Å². The fourth-order valence-electron chi connectivity index (χ4n) is 2.16. The Kier molecular flexibility index (Phi) is 4.61. The largest absolute Gasteiger partial charge is 0.497 e. The number of ether oxygens (including phenoxy) is 2. The lowest BCUT2D eigenvalue weighted by Gasteiger charge is -2.04. The molecule has 5 heteroatoms. The molecule has 0 saturated heterocycles. The summed E-state index contributed by atoms with van der Waals surface area (Å²) in [6.45, 7) is 0.134. The average Bonchev–Trinajstić information content (AvgIpc) is 3.11. The molecule has 3 aromatic rings. The second kappa shape index (κ2) is 7.00. The third-order valence-electron chi connectivity index (χ3n) is 3.46. The number of furan rings is 1. The maximum Gasteiger partial charge on any atom is 0.374 e. The number of rotatable bonds is 5. The van der Waals surface area contributed by atoms with Gasteiger partial charge in [-0.1, -0.05) is 12.1 Å². The van der Waals surface area contributed by atoms with E-state index < -0.39 is 5.97 Å². The summed E-state index contributed by atoms with van der Waals surface area (Å²) in [5, 5.41) is 0. The number of esters is 1. The molecule has 0 aliphatic rings. The molecule has 0 radical (unpaired) electrons. The highest BCUT2D eigenvalue weighted by Crippen LogP contribution is 2.23. The molecule has 1 aromatic heterocycles. The van der Waals surface area contributed by atoms with Gasteiger partial charge in [-0.2, -0.15) is 0 Å². The minimum Gasteiger partial charge on any atom is -0.497 e. The van der Waals surface area contributed by atoms with Crippen LogP contribution >= 0.6 is 0 Å². The molecule has 0 aliphatic carbocycles. The first-order chi connectivity index (χ1) is 11.7. The monoisotopic (exact) mass is 326 g/mol. The fraction of sp³-hybridized carbons (Fsp3) is 0.105. The SMILES string of the molecule is COc1ccc(COC(=O)c2ccc(-c3ccc(F)cc3)o2)cc1. The van der Waals surface area contributed by atoms with Crippen molar-refractivity contribution < 1.29 is 23.1 Å². The zero-order chi connectivity index (χ0) is 16.9. The van der Waals surface area contributed by atoms with E-state index in [1.54, 1.807) is 37.4 Å². The van der Waals surface area contributed by atoms with Crippen molar-refractivity contribution in [1.29, 1.82) is 0 Å². The Bertz CT molecular complexity index is 819. The van der Waals surface area contributed by atoms with E-state index in [2.05, 4.69) is 0 Å². The number of methoxy groups -OCH3 is 1. The van der Waals surface area contributed by atoms with Crippen molar-refractivity contribution in [2.75, 3.05) is 7.11 Å². The van der Waals surface area contributed by atoms with Gasteiger partial charge in [-0.05, 0) is 54.1 Å². The van der Waals surface area contributed by atoms with E-state index in [4.69, 9.17) is 13.9 Å². The summed E-state index contributed by atoms with van der Waals surface area (Å²) in [4.78, 5) is 12.0. The lowest BCUT2D eigenvalue weighted by molar-refractivity contribution is 0.0437. The Labute approximate surface area is 138 Å². The molecule has 0 amide bonds. The van der Waals surface area contributed by atoms with Gasteiger partial charge < -0.3 is 13.9 Å². The molecular formula is C19H15FO4. The van der Waals surface area contributed by atoms with E-state index in [-0.39, 0.29) is 18.2 Å². The molecule has 0 bridgehead atoms. The number of hydrogen-bond acceptors (Lipinski definition) is 4. The summed E-state index contributed by atoms with van der Waals surface area (Å²) in [6.07, 6.45) is 0. The number of carbonyl (C=O) groups is 1. The third-order valence-corrected chi connectivity index (χ3v) is 3.46. The molecule has 0 atom stereocenters. The van der Waals surface area contributed by atoms with Crippen LogP contribution in [0.5, 0.6) is 5.75 Å². The predicted molar refractivity (Wildman–Crippen MR) is 86.2 cm³/mol. The van der Waals surface area contributed by atoms with Gasteiger partial charge in [0, 0.05) is 5.56 Å². The van der Waals surface area contributed by atoms with E-state index in [0.29, 0.717) is 11.3 Å². The van der Waals surface area contributed by atoms with E-state index in [0.717, 1.165) is 11.3 Å². The molecular weight excluding hydrogens is 311 g/mol. The summed E-state index contributed by atoms with van der Waals surface area (Å²) in [5.41, 5.74) is 1.53. The summed E-state index contributed by atoms with van der Waals surface area (Å²) in [5.74, 6) is 0.429. The summed E-state index contributed by atoms with van der Waals surface area (Å²) < 4.78 is 28.7. The molecule has 0 N–H and O–H groups in total. The molecule has 2 aromatic carbocycles. The van der Waals surface area contributed by atoms with Crippen LogP contribution in [-0.4, -0.2) is 13.1 Å². The fourth-order valence-corrected chi connectivity index (χ4v) is 2.16. The third kappa shape index (κ3) is 3.63. The van der Waals surface area contributed by atoms with Gasteiger partial charge in [0.05, 0.1) is 7.11 Å². The van der Waals surface area contributed by atoms with Crippen molar-refractivity contribution >= 4 is 5.97 Å². The van der Waals surface area contributed by atoms with Crippen molar-refractivity contribution in [3.63, 3.8) is 0 Å². The van der Waals surface area contributed by atoms with E-state index in [1.807, 2.05) is 12.1 Å². The van der Waals surface area contributed by atoms with Gasteiger partial charge in [0.25, 0.3) is 0 Å². The van der Waals surface area contributed by atoms with Crippen molar-refractivity contribution in [1.82, 2.24) is 0 Å². The van der Waals surface area contributed by atoms with Gasteiger partial charge >= 0.3 is 5.97 Å². The number of benzene rings is 2. The van der Waals surface area contributed by atoms with Crippen LogP contribution in [0.15, 0.2) is 65.1 Å². The highest BCUT2D eigenvalue weighted by atomic mass is 19.1. The summed E-state index contributed by atoms with van der Waals surface area (Å²) >= 11 is 0. The van der Waals surface area contributed by atoms with Crippen molar-refractivity contribution in [2.45, 2.75) is 6.61 Å². The Morgan fingerprint density at radius 1 is 1.00 bits per heavy atom. The zero-order valence-corrected chi connectivity index (χ0v) is 13.0. The first kappa shape index (κ1) is 15.8. The molecule has 4 nitrogen and oxygen atoms in total. The second-order valence-electron chi connectivity index (χ2n) is 5.09. The van der Waals surface area contributed by atoms with Gasteiger partial charge in [-0.3, -0.25) is 0 Å². The normalized spacial score (nSPS) is 10.4. The smallest absolute Gasteiger partial charge is 0.374 e. The topological polar surface area (TPSA) is 48.7 Å². The lowest BCUT2D eigenvalue weighted by Crippen LogP contribution is -2.03. The van der Waals surface area contributed by atoms with E-state index in [1.165, 1.54) is 18.2 Å².